The topological polar surface area (TPSA) is 15.3 Å². The van der Waals surface area contributed by atoms with Crippen LogP contribution in [0.2, 0.25) is 0 Å². The molecular formula is C16H26N2. The predicted molar refractivity (Wildman–Crippen MR) is 77.5 cm³/mol. The van der Waals surface area contributed by atoms with Crippen molar-refractivity contribution < 1.29 is 0 Å². The molecule has 1 fully saturated rings. The van der Waals surface area contributed by atoms with Gasteiger partial charge < -0.3 is 5.32 Å². The number of nitrogens with one attached hydrogen (secondary N) is 1. The van der Waals surface area contributed by atoms with Crippen LogP contribution in [0.5, 0.6) is 0 Å². The Morgan fingerprint density at radius 2 is 1.94 bits per heavy atom. The van der Waals surface area contributed by atoms with E-state index >= 15 is 0 Å². The van der Waals surface area contributed by atoms with Crippen LogP contribution in [0.15, 0.2) is 24.3 Å². The van der Waals surface area contributed by atoms with Gasteiger partial charge in [-0.2, -0.15) is 0 Å². The van der Waals surface area contributed by atoms with E-state index in [4.69, 9.17) is 0 Å². The zero-order valence-corrected chi connectivity index (χ0v) is 11.8. The van der Waals surface area contributed by atoms with Crippen LogP contribution >= 0.6 is 0 Å². The van der Waals surface area contributed by atoms with Gasteiger partial charge in [0.15, 0.2) is 0 Å². The van der Waals surface area contributed by atoms with Crippen molar-refractivity contribution in [1.82, 2.24) is 10.2 Å². The molecule has 2 rings (SSSR count). The molecule has 1 saturated carbocycles. The lowest BCUT2D eigenvalue weighted by Crippen LogP contribution is -2.27. The molecule has 1 aromatic carbocycles. The largest absolute Gasteiger partial charge is 0.316 e. The van der Waals surface area contributed by atoms with Crippen molar-refractivity contribution in [3.05, 3.63) is 35.4 Å². The third kappa shape index (κ3) is 3.82. The van der Waals surface area contributed by atoms with E-state index in [-0.39, 0.29) is 0 Å². The lowest BCUT2D eigenvalue weighted by Gasteiger charge is -2.23. The Morgan fingerprint density at radius 1 is 1.22 bits per heavy atom. The first-order chi connectivity index (χ1) is 8.85. The molecule has 1 aliphatic rings. The summed E-state index contributed by atoms with van der Waals surface area (Å²) in [5, 5.41) is 3.27. The number of nitrogens with zero attached hydrogens (tertiary/aromatic N) is 1. The fourth-order valence-corrected chi connectivity index (χ4v) is 2.49. The van der Waals surface area contributed by atoms with Gasteiger partial charge in [-0.05, 0) is 44.0 Å². The van der Waals surface area contributed by atoms with Crippen LogP contribution < -0.4 is 5.32 Å². The summed E-state index contributed by atoms with van der Waals surface area (Å²) in [6.45, 7) is 5.64. The molecule has 0 spiro atoms. The normalized spacial score (nSPS) is 15.3. The van der Waals surface area contributed by atoms with Crippen molar-refractivity contribution in [1.29, 1.82) is 0 Å². The number of unbranched alkanes of at least 4 members (excludes halogenated alkanes) is 1. The minimum absolute atomic E-state index is 0.860. The summed E-state index contributed by atoms with van der Waals surface area (Å²) < 4.78 is 0. The Kier molecular flexibility index (Phi) is 5.21. The highest BCUT2D eigenvalue weighted by molar-refractivity contribution is 5.27. The Balaban J connectivity index is 2.00. The monoisotopic (exact) mass is 246 g/mol. The first-order valence-electron chi connectivity index (χ1n) is 7.30. The number of rotatable bonds is 8. The maximum absolute atomic E-state index is 3.27. The average molecular weight is 246 g/mol. The number of hydrogen-bond donors (Lipinski definition) is 1. The van der Waals surface area contributed by atoms with Crippen molar-refractivity contribution in [2.45, 2.75) is 51.7 Å². The van der Waals surface area contributed by atoms with Gasteiger partial charge in [-0.1, -0.05) is 37.6 Å². The van der Waals surface area contributed by atoms with E-state index in [2.05, 4.69) is 41.4 Å². The fourth-order valence-electron chi connectivity index (χ4n) is 2.49. The maximum Gasteiger partial charge on any atom is 0.0239 e. The minimum Gasteiger partial charge on any atom is -0.316 e. The van der Waals surface area contributed by atoms with Crippen molar-refractivity contribution >= 4 is 0 Å². The van der Waals surface area contributed by atoms with Gasteiger partial charge in [0, 0.05) is 19.1 Å². The highest BCUT2D eigenvalue weighted by Crippen LogP contribution is 2.29. The summed E-state index contributed by atoms with van der Waals surface area (Å²) in [5.74, 6) is 0. The molecule has 0 saturated heterocycles. The van der Waals surface area contributed by atoms with Gasteiger partial charge in [0.05, 0.1) is 0 Å². The fraction of sp³-hybridized carbons (Fsp3) is 0.625. The standard InChI is InChI=1S/C16H26N2/c1-3-4-11-18(16-9-10-16)13-15-8-6-5-7-14(15)12-17-2/h5-8,16-17H,3-4,9-13H2,1-2H3. The number of hydrogen-bond acceptors (Lipinski definition) is 2. The molecule has 0 amide bonds. The molecule has 100 valence electrons. The molecule has 1 N–H and O–H groups in total. The molecular weight excluding hydrogens is 220 g/mol. The first-order valence-corrected chi connectivity index (χ1v) is 7.30. The van der Waals surface area contributed by atoms with Gasteiger partial charge >= 0.3 is 0 Å². The second-order valence-electron chi connectivity index (χ2n) is 5.35. The molecule has 1 aromatic rings. The minimum atomic E-state index is 0.860. The summed E-state index contributed by atoms with van der Waals surface area (Å²) >= 11 is 0. The van der Waals surface area contributed by atoms with E-state index in [0.29, 0.717) is 0 Å². The smallest absolute Gasteiger partial charge is 0.0239 e. The van der Waals surface area contributed by atoms with Gasteiger partial charge in [-0.15, -0.1) is 0 Å². The molecule has 1 aliphatic carbocycles. The summed E-state index contributed by atoms with van der Waals surface area (Å²) in [5.41, 5.74) is 2.94. The van der Waals surface area contributed by atoms with E-state index in [0.717, 1.165) is 19.1 Å². The van der Waals surface area contributed by atoms with Gasteiger partial charge in [0.2, 0.25) is 0 Å². The molecule has 0 heterocycles. The molecule has 0 unspecified atom stereocenters. The zero-order valence-electron chi connectivity index (χ0n) is 11.8. The van der Waals surface area contributed by atoms with E-state index in [9.17, 15) is 0 Å². The molecule has 2 nitrogen and oxygen atoms in total. The van der Waals surface area contributed by atoms with Crippen LogP contribution in [0.1, 0.15) is 43.7 Å². The Hall–Kier alpha value is -0.860. The average Bonchev–Trinajstić information content (AvgIpc) is 3.21. The second-order valence-corrected chi connectivity index (χ2v) is 5.35. The van der Waals surface area contributed by atoms with Crippen molar-refractivity contribution in [3.63, 3.8) is 0 Å². The van der Waals surface area contributed by atoms with Crippen LogP contribution in [-0.4, -0.2) is 24.5 Å². The molecule has 0 aliphatic heterocycles. The molecule has 0 radical (unpaired) electrons. The second kappa shape index (κ2) is 6.91. The van der Waals surface area contributed by atoms with Crippen LogP contribution in [0.25, 0.3) is 0 Å². The maximum atomic E-state index is 3.27. The Labute approximate surface area is 111 Å². The third-order valence-electron chi connectivity index (χ3n) is 3.72. The molecule has 18 heavy (non-hydrogen) atoms. The summed E-state index contributed by atoms with van der Waals surface area (Å²) in [7, 11) is 2.02. The van der Waals surface area contributed by atoms with Crippen LogP contribution in [0.3, 0.4) is 0 Å². The third-order valence-corrected chi connectivity index (χ3v) is 3.72. The Bertz CT molecular complexity index is 358. The molecule has 0 bridgehead atoms. The van der Waals surface area contributed by atoms with E-state index < -0.39 is 0 Å². The molecule has 2 heteroatoms. The van der Waals surface area contributed by atoms with Crippen LogP contribution in [0.4, 0.5) is 0 Å². The summed E-state index contributed by atoms with van der Waals surface area (Å²) in [4.78, 5) is 2.68. The van der Waals surface area contributed by atoms with Crippen molar-refractivity contribution in [3.8, 4) is 0 Å². The lowest BCUT2D eigenvalue weighted by molar-refractivity contribution is 0.250. The SMILES string of the molecule is CCCCN(Cc1ccccc1CNC)C1CC1. The Morgan fingerprint density at radius 3 is 2.56 bits per heavy atom. The molecule has 0 aromatic heterocycles. The van der Waals surface area contributed by atoms with E-state index in [1.807, 2.05) is 7.05 Å². The van der Waals surface area contributed by atoms with Crippen molar-refractivity contribution in [2.24, 2.45) is 0 Å². The predicted octanol–water partition coefficient (Wildman–Crippen LogP) is 3.17. The number of benzene rings is 1. The quantitative estimate of drug-likeness (QED) is 0.758. The zero-order chi connectivity index (χ0) is 12.8. The van der Waals surface area contributed by atoms with E-state index in [1.165, 1.54) is 43.4 Å². The summed E-state index contributed by atoms with van der Waals surface area (Å²) in [6.07, 6.45) is 5.42. The van der Waals surface area contributed by atoms with Crippen molar-refractivity contribution in [2.75, 3.05) is 13.6 Å². The van der Waals surface area contributed by atoms with Gasteiger partial charge in [-0.3, -0.25) is 4.90 Å². The van der Waals surface area contributed by atoms with Gasteiger partial charge in [0.1, 0.15) is 0 Å². The summed E-state index contributed by atoms with van der Waals surface area (Å²) in [6, 6.07) is 9.70. The van der Waals surface area contributed by atoms with Gasteiger partial charge in [0.25, 0.3) is 0 Å². The molecule has 0 atom stereocenters. The lowest BCUT2D eigenvalue weighted by atomic mass is 10.1. The highest BCUT2D eigenvalue weighted by atomic mass is 15.2. The van der Waals surface area contributed by atoms with Crippen LogP contribution in [-0.2, 0) is 13.1 Å². The van der Waals surface area contributed by atoms with E-state index in [1.54, 1.807) is 0 Å². The highest BCUT2D eigenvalue weighted by Gasteiger charge is 2.28. The van der Waals surface area contributed by atoms with Gasteiger partial charge in [-0.25, -0.2) is 0 Å². The first kappa shape index (κ1) is 13.6. The van der Waals surface area contributed by atoms with Crippen LogP contribution in [0, 0.1) is 0 Å².